The number of alkyl halides is 2. The Kier molecular flexibility index (Phi) is 2.74. The average Bonchev–Trinajstić information content (AvgIpc) is 2.86. The van der Waals surface area contributed by atoms with E-state index in [1.807, 2.05) is 30.3 Å². The van der Waals surface area contributed by atoms with E-state index >= 15 is 0 Å². The first-order valence-electron chi connectivity index (χ1n) is 5.19. The molecule has 0 heterocycles. The number of rotatable bonds is 4. The van der Waals surface area contributed by atoms with Crippen LogP contribution in [0.1, 0.15) is 18.4 Å². The molecule has 1 nitrogen and oxygen atoms in total. The van der Waals surface area contributed by atoms with Gasteiger partial charge in [-0.1, -0.05) is 30.3 Å². The molecule has 3 heteroatoms. The molecular weight excluding hydrogens is 198 g/mol. The SMILES string of the molecule is O[C@@H](CCc1ccccc1)[C@H]1CC1(F)F. The van der Waals surface area contributed by atoms with Gasteiger partial charge in [0.1, 0.15) is 0 Å². The van der Waals surface area contributed by atoms with Crippen LogP contribution in [0.5, 0.6) is 0 Å². The summed E-state index contributed by atoms with van der Waals surface area (Å²) >= 11 is 0. The first-order valence-corrected chi connectivity index (χ1v) is 5.19. The lowest BCUT2D eigenvalue weighted by Crippen LogP contribution is -2.15. The molecule has 2 rings (SSSR count). The van der Waals surface area contributed by atoms with Gasteiger partial charge in [-0.3, -0.25) is 0 Å². The summed E-state index contributed by atoms with van der Waals surface area (Å²) in [7, 11) is 0. The van der Waals surface area contributed by atoms with Gasteiger partial charge in [0.25, 0.3) is 5.92 Å². The van der Waals surface area contributed by atoms with Crippen molar-refractivity contribution >= 4 is 0 Å². The van der Waals surface area contributed by atoms with Gasteiger partial charge >= 0.3 is 0 Å². The van der Waals surface area contributed by atoms with Gasteiger partial charge in [-0.2, -0.15) is 0 Å². The molecule has 0 spiro atoms. The van der Waals surface area contributed by atoms with E-state index in [1.54, 1.807) is 0 Å². The molecule has 15 heavy (non-hydrogen) atoms. The maximum absolute atomic E-state index is 12.6. The first-order chi connectivity index (χ1) is 7.09. The number of aliphatic hydroxyl groups excluding tert-OH is 1. The van der Waals surface area contributed by atoms with Crippen molar-refractivity contribution in [2.45, 2.75) is 31.3 Å². The summed E-state index contributed by atoms with van der Waals surface area (Å²) in [4.78, 5) is 0. The highest BCUT2D eigenvalue weighted by Gasteiger charge is 2.59. The molecule has 0 saturated heterocycles. The zero-order valence-corrected chi connectivity index (χ0v) is 8.37. The molecule has 1 fully saturated rings. The van der Waals surface area contributed by atoms with Crippen molar-refractivity contribution in [2.75, 3.05) is 0 Å². The van der Waals surface area contributed by atoms with E-state index < -0.39 is 17.9 Å². The van der Waals surface area contributed by atoms with Gasteiger partial charge < -0.3 is 5.11 Å². The maximum atomic E-state index is 12.6. The summed E-state index contributed by atoms with van der Waals surface area (Å²) in [6.45, 7) is 0. The van der Waals surface area contributed by atoms with Crippen LogP contribution in [0.2, 0.25) is 0 Å². The second kappa shape index (κ2) is 3.89. The van der Waals surface area contributed by atoms with Gasteiger partial charge in [-0.15, -0.1) is 0 Å². The van der Waals surface area contributed by atoms with Crippen LogP contribution in [0.25, 0.3) is 0 Å². The average molecular weight is 212 g/mol. The number of aliphatic hydroxyl groups is 1. The Morgan fingerprint density at radius 3 is 2.47 bits per heavy atom. The van der Waals surface area contributed by atoms with E-state index in [2.05, 4.69) is 0 Å². The third kappa shape index (κ3) is 2.53. The minimum absolute atomic E-state index is 0.150. The fraction of sp³-hybridized carbons (Fsp3) is 0.500. The third-order valence-corrected chi connectivity index (χ3v) is 2.91. The Bertz CT molecular complexity index is 324. The highest BCUT2D eigenvalue weighted by atomic mass is 19.3. The predicted octanol–water partition coefficient (Wildman–Crippen LogP) is 2.64. The van der Waals surface area contributed by atoms with Gasteiger partial charge in [0.05, 0.1) is 12.0 Å². The molecule has 82 valence electrons. The molecule has 0 unspecified atom stereocenters. The summed E-state index contributed by atoms with van der Waals surface area (Å²) in [5.74, 6) is -3.42. The van der Waals surface area contributed by atoms with E-state index in [1.165, 1.54) is 0 Å². The first kappa shape index (κ1) is 10.6. The molecule has 1 aliphatic carbocycles. The zero-order valence-electron chi connectivity index (χ0n) is 8.37. The minimum Gasteiger partial charge on any atom is -0.393 e. The number of benzene rings is 1. The van der Waals surface area contributed by atoms with Crippen molar-refractivity contribution in [1.29, 1.82) is 0 Å². The van der Waals surface area contributed by atoms with Gasteiger partial charge in [0.2, 0.25) is 0 Å². The van der Waals surface area contributed by atoms with Crippen LogP contribution in [0.3, 0.4) is 0 Å². The minimum atomic E-state index is -2.61. The van der Waals surface area contributed by atoms with Crippen molar-refractivity contribution < 1.29 is 13.9 Å². The summed E-state index contributed by atoms with van der Waals surface area (Å²) in [6.07, 6.45) is 0.0714. The summed E-state index contributed by atoms with van der Waals surface area (Å²) in [5, 5.41) is 9.51. The van der Waals surface area contributed by atoms with Gasteiger partial charge in [-0.25, -0.2) is 8.78 Å². The third-order valence-electron chi connectivity index (χ3n) is 2.91. The lowest BCUT2D eigenvalue weighted by Gasteiger charge is -2.09. The van der Waals surface area contributed by atoms with E-state index in [0.717, 1.165) is 5.56 Å². The lowest BCUT2D eigenvalue weighted by molar-refractivity contribution is 0.0451. The largest absolute Gasteiger partial charge is 0.393 e. The Labute approximate surface area is 87.7 Å². The molecule has 0 amide bonds. The van der Waals surface area contributed by atoms with E-state index in [-0.39, 0.29) is 6.42 Å². The van der Waals surface area contributed by atoms with Crippen LogP contribution < -0.4 is 0 Å². The predicted molar refractivity (Wildman–Crippen MR) is 53.8 cm³/mol. The molecule has 0 aromatic heterocycles. The molecule has 1 aliphatic rings. The van der Waals surface area contributed by atoms with E-state index in [0.29, 0.717) is 12.8 Å². The molecule has 0 bridgehead atoms. The molecule has 2 atom stereocenters. The van der Waals surface area contributed by atoms with E-state index in [4.69, 9.17) is 0 Å². The second-order valence-corrected chi connectivity index (χ2v) is 4.16. The Hall–Kier alpha value is -0.960. The van der Waals surface area contributed by atoms with Gasteiger partial charge in [0.15, 0.2) is 0 Å². The Morgan fingerprint density at radius 1 is 1.33 bits per heavy atom. The zero-order chi connectivity index (χ0) is 10.9. The number of hydrogen-bond acceptors (Lipinski definition) is 1. The van der Waals surface area contributed by atoms with Crippen molar-refractivity contribution in [3.8, 4) is 0 Å². The lowest BCUT2D eigenvalue weighted by atomic mass is 10.0. The number of halogens is 2. The number of hydrogen-bond donors (Lipinski definition) is 1. The molecule has 1 aromatic rings. The Balaban J connectivity index is 1.80. The highest BCUT2D eigenvalue weighted by Crippen LogP contribution is 2.51. The maximum Gasteiger partial charge on any atom is 0.254 e. The fourth-order valence-electron chi connectivity index (χ4n) is 1.81. The standard InChI is InChI=1S/C12H14F2O/c13-12(14)8-10(12)11(15)7-6-9-4-2-1-3-5-9/h1-5,10-11,15H,6-8H2/t10-,11+/m1/s1. The van der Waals surface area contributed by atoms with Crippen molar-refractivity contribution in [2.24, 2.45) is 5.92 Å². The highest BCUT2D eigenvalue weighted by molar-refractivity contribution is 5.15. The second-order valence-electron chi connectivity index (χ2n) is 4.16. The van der Waals surface area contributed by atoms with Crippen LogP contribution in [0.15, 0.2) is 30.3 Å². The van der Waals surface area contributed by atoms with E-state index in [9.17, 15) is 13.9 Å². The molecular formula is C12H14F2O. The topological polar surface area (TPSA) is 20.2 Å². The van der Waals surface area contributed by atoms with Gasteiger partial charge in [-0.05, 0) is 18.4 Å². The molecule has 0 aliphatic heterocycles. The summed E-state index contributed by atoms with van der Waals surface area (Å²) < 4.78 is 25.2. The normalized spacial score (nSPS) is 24.9. The summed E-state index contributed by atoms with van der Waals surface area (Å²) in [6, 6.07) is 9.62. The van der Waals surface area contributed by atoms with Crippen LogP contribution in [0, 0.1) is 5.92 Å². The monoisotopic (exact) mass is 212 g/mol. The van der Waals surface area contributed by atoms with Crippen molar-refractivity contribution in [3.05, 3.63) is 35.9 Å². The van der Waals surface area contributed by atoms with Crippen LogP contribution in [0.4, 0.5) is 8.78 Å². The molecule has 1 aromatic carbocycles. The quantitative estimate of drug-likeness (QED) is 0.813. The van der Waals surface area contributed by atoms with Crippen molar-refractivity contribution in [3.63, 3.8) is 0 Å². The van der Waals surface area contributed by atoms with Gasteiger partial charge in [0, 0.05) is 6.42 Å². The van der Waals surface area contributed by atoms with Crippen molar-refractivity contribution in [1.82, 2.24) is 0 Å². The fourth-order valence-corrected chi connectivity index (χ4v) is 1.81. The van der Waals surface area contributed by atoms with Crippen LogP contribution >= 0.6 is 0 Å². The smallest absolute Gasteiger partial charge is 0.254 e. The molecule has 1 N–H and O–H groups in total. The Morgan fingerprint density at radius 2 is 1.93 bits per heavy atom. The van der Waals surface area contributed by atoms with Crippen LogP contribution in [-0.4, -0.2) is 17.1 Å². The molecule has 1 saturated carbocycles. The molecule has 0 radical (unpaired) electrons. The van der Waals surface area contributed by atoms with Crippen LogP contribution in [-0.2, 0) is 6.42 Å². The summed E-state index contributed by atoms with van der Waals surface area (Å²) in [5.41, 5.74) is 1.08. The number of aryl methyl sites for hydroxylation is 1.